The summed E-state index contributed by atoms with van der Waals surface area (Å²) < 4.78 is 32.7. The van der Waals surface area contributed by atoms with Gasteiger partial charge in [0.15, 0.2) is 0 Å². The van der Waals surface area contributed by atoms with E-state index in [1.165, 1.54) is 19.4 Å². The first kappa shape index (κ1) is 17.7. The summed E-state index contributed by atoms with van der Waals surface area (Å²) in [6, 6.07) is 12.9. The molecule has 0 radical (unpaired) electrons. The normalized spacial score (nSPS) is 11.3. The number of nitrogens with two attached hydrogens (primary N) is 1. The third kappa shape index (κ3) is 3.31. The van der Waals surface area contributed by atoms with Crippen molar-refractivity contribution in [3.63, 3.8) is 0 Å². The lowest BCUT2D eigenvalue weighted by atomic mass is 10.2. The largest absolute Gasteiger partial charge is 0.497 e. The number of aromatic nitrogens is 1. The number of rotatable bonds is 6. The van der Waals surface area contributed by atoms with E-state index in [4.69, 9.17) is 10.5 Å². The van der Waals surface area contributed by atoms with E-state index in [0.717, 1.165) is 4.31 Å². The van der Waals surface area contributed by atoms with Crippen LogP contribution in [0.3, 0.4) is 0 Å². The Morgan fingerprint density at radius 1 is 1.15 bits per heavy atom. The highest BCUT2D eigenvalue weighted by Crippen LogP contribution is 2.29. The minimum atomic E-state index is -4.03. The van der Waals surface area contributed by atoms with Gasteiger partial charge in [0.2, 0.25) is 5.91 Å². The van der Waals surface area contributed by atoms with Gasteiger partial charge in [-0.05, 0) is 36.4 Å². The Morgan fingerprint density at radius 3 is 2.54 bits per heavy atom. The van der Waals surface area contributed by atoms with E-state index in [1.807, 2.05) is 0 Å². The van der Waals surface area contributed by atoms with Gasteiger partial charge in [0, 0.05) is 23.2 Å². The number of carbonyl (C=O) groups excluding carboxylic acids is 1. The summed E-state index contributed by atoms with van der Waals surface area (Å²) in [7, 11) is -2.52. The number of benzene rings is 2. The van der Waals surface area contributed by atoms with Crippen molar-refractivity contribution in [2.45, 2.75) is 4.90 Å². The molecule has 134 valence electrons. The van der Waals surface area contributed by atoms with Crippen LogP contribution >= 0.6 is 0 Å². The number of ether oxygens (including phenoxy) is 1. The number of sulfonamides is 1. The van der Waals surface area contributed by atoms with Crippen molar-refractivity contribution in [3.8, 4) is 5.75 Å². The summed E-state index contributed by atoms with van der Waals surface area (Å²) in [5.74, 6) is -0.187. The van der Waals surface area contributed by atoms with Crippen molar-refractivity contribution in [1.29, 1.82) is 0 Å². The molecule has 8 heteroatoms. The first-order valence-corrected chi connectivity index (χ1v) is 9.15. The molecule has 2 N–H and O–H groups in total. The van der Waals surface area contributed by atoms with Gasteiger partial charge in [-0.25, -0.2) is 8.42 Å². The molecule has 2 aromatic carbocycles. The van der Waals surface area contributed by atoms with Gasteiger partial charge in [0.1, 0.15) is 12.3 Å². The molecule has 3 rings (SSSR count). The fourth-order valence-electron chi connectivity index (χ4n) is 2.64. The number of amides is 1. The SMILES string of the molecule is COc1ccc(N(CC(N)=O)S(=O)(=O)c2cccc3cnccc23)cc1. The van der Waals surface area contributed by atoms with E-state index in [2.05, 4.69) is 4.98 Å². The molecule has 0 bridgehead atoms. The molecule has 0 unspecified atom stereocenters. The Kier molecular flexibility index (Phi) is 4.77. The number of fused-ring (bicyclic) bond motifs is 1. The van der Waals surface area contributed by atoms with Gasteiger partial charge < -0.3 is 10.5 Å². The Hall–Kier alpha value is -3.13. The summed E-state index contributed by atoms with van der Waals surface area (Å²) in [5, 5.41) is 1.20. The third-order valence-corrected chi connectivity index (χ3v) is 5.70. The minimum Gasteiger partial charge on any atom is -0.497 e. The quantitative estimate of drug-likeness (QED) is 0.713. The standard InChI is InChI=1S/C18H17N3O4S/c1-25-15-7-5-14(6-8-15)21(12-18(19)22)26(23,24)17-4-2-3-13-11-20-10-9-16(13)17/h2-11H,12H2,1H3,(H2,19,22). The van der Waals surface area contributed by atoms with Gasteiger partial charge in [0.05, 0.1) is 17.7 Å². The van der Waals surface area contributed by atoms with Crippen LogP contribution in [0.5, 0.6) is 5.75 Å². The second-order valence-corrected chi connectivity index (χ2v) is 7.36. The van der Waals surface area contributed by atoms with Crippen LogP contribution in [0.15, 0.2) is 65.8 Å². The smallest absolute Gasteiger partial charge is 0.265 e. The number of nitrogens with zero attached hydrogens (tertiary/aromatic N) is 2. The number of carbonyl (C=O) groups is 1. The molecular weight excluding hydrogens is 354 g/mol. The molecule has 26 heavy (non-hydrogen) atoms. The van der Waals surface area contributed by atoms with Crippen molar-refractivity contribution in [1.82, 2.24) is 4.98 Å². The summed E-state index contributed by atoms with van der Waals surface area (Å²) in [5.41, 5.74) is 5.61. The molecule has 1 amide bonds. The van der Waals surface area contributed by atoms with E-state index in [9.17, 15) is 13.2 Å². The highest BCUT2D eigenvalue weighted by molar-refractivity contribution is 7.93. The van der Waals surface area contributed by atoms with Crippen LogP contribution in [0.25, 0.3) is 10.8 Å². The van der Waals surface area contributed by atoms with Crippen LogP contribution in [-0.4, -0.2) is 33.0 Å². The van der Waals surface area contributed by atoms with Gasteiger partial charge in [-0.3, -0.25) is 14.1 Å². The molecule has 0 saturated heterocycles. The Morgan fingerprint density at radius 2 is 1.88 bits per heavy atom. The van der Waals surface area contributed by atoms with Crippen LogP contribution in [0.4, 0.5) is 5.69 Å². The summed E-state index contributed by atoms with van der Waals surface area (Å²) in [6.45, 7) is -0.476. The first-order chi connectivity index (χ1) is 12.4. The topological polar surface area (TPSA) is 103 Å². The lowest BCUT2D eigenvalue weighted by Crippen LogP contribution is -2.38. The molecule has 1 heterocycles. The third-order valence-electron chi connectivity index (χ3n) is 3.87. The average Bonchev–Trinajstić information content (AvgIpc) is 2.65. The van der Waals surface area contributed by atoms with E-state index >= 15 is 0 Å². The molecule has 0 aliphatic rings. The minimum absolute atomic E-state index is 0.0782. The predicted molar refractivity (Wildman–Crippen MR) is 98.5 cm³/mol. The number of anilines is 1. The van der Waals surface area contributed by atoms with Gasteiger partial charge in [-0.15, -0.1) is 0 Å². The molecule has 3 aromatic rings. The van der Waals surface area contributed by atoms with E-state index in [1.54, 1.807) is 48.7 Å². The Bertz CT molecular complexity index is 1040. The predicted octanol–water partition coefficient (Wildman–Crippen LogP) is 1.92. The fourth-order valence-corrected chi connectivity index (χ4v) is 4.29. The van der Waals surface area contributed by atoms with Gasteiger partial charge in [0.25, 0.3) is 10.0 Å². The van der Waals surface area contributed by atoms with Crippen LogP contribution in [-0.2, 0) is 14.8 Å². The molecule has 1 aromatic heterocycles. The second-order valence-electron chi connectivity index (χ2n) is 5.53. The molecule has 0 fully saturated rings. The van der Waals surface area contributed by atoms with E-state index < -0.39 is 22.5 Å². The van der Waals surface area contributed by atoms with Crippen LogP contribution in [0, 0.1) is 0 Å². The second kappa shape index (κ2) is 7.01. The van der Waals surface area contributed by atoms with Crippen molar-refractivity contribution >= 4 is 32.4 Å². The molecule has 0 saturated carbocycles. The van der Waals surface area contributed by atoms with Crippen LogP contribution in [0.2, 0.25) is 0 Å². The van der Waals surface area contributed by atoms with Crippen molar-refractivity contribution in [2.24, 2.45) is 5.73 Å². The van der Waals surface area contributed by atoms with Crippen molar-refractivity contribution in [3.05, 3.63) is 60.9 Å². The maximum atomic E-state index is 13.3. The molecule has 0 spiro atoms. The lowest BCUT2D eigenvalue weighted by Gasteiger charge is -2.24. The van der Waals surface area contributed by atoms with Gasteiger partial charge in [-0.1, -0.05) is 12.1 Å². The van der Waals surface area contributed by atoms with Crippen LogP contribution in [0.1, 0.15) is 0 Å². The molecule has 0 aliphatic heterocycles. The molecular formula is C18H17N3O4S. The van der Waals surface area contributed by atoms with Crippen molar-refractivity contribution < 1.29 is 17.9 Å². The molecule has 0 aliphatic carbocycles. The first-order valence-electron chi connectivity index (χ1n) is 7.71. The zero-order valence-electron chi connectivity index (χ0n) is 14.0. The van der Waals surface area contributed by atoms with E-state index in [0.29, 0.717) is 22.2 Å². The van der Waals surface area contributed by atoms with Crippen LogP contribution < -0.4 is 14.8 Å². The highest BCUT2D eigenvalue weighted by Gasteiger charge is 2.28. The zero-order valence-corrected chi connectivity index (χ0v) is 14.8. The Labute approximate surface area is 151 Å². The maximum absolute atomic E-state index is 13.3. The number of methoxy groups -OCH3 is 1. The summed E-state index contributed by atoms with van der Waals surface area (Å²) >= 11 is 0. The highest BCUT2D eigenvalue weighted by atomic mass is 32.2. The molecule has 0 atom stereocenters. The number of hydrogen-bond acceptors (Lipinski definition) is 5. The monoisotopic (exact) mass is 371 g/mol. The number of primary amides is 1. The fraction of sp³-hybridized carbons (Fsp3) is 0.111. The zero-order chi connectivity index (χ0) is 18.7. The number of pyridine rings is 1. The Balaban J connectivity index is 2.16. The number of hydrogen-bond donors (Lipinski definition) is 1. The van der Waals surface area contributed by atoms with Crippen molar-refractivity contribution in [2.75, 3.05) is 18.0 Å². The van der Waals surface area contributed by atoms with Gasteiger partial charge >= 0.3 is 0 Å². The lowest BCUT2D eigenvalue weighted by molar-refractivity contribution is -0.116. The summed E-state index contributed by atoms with van der Waals surface area (Å²) in [4.78, 5) is 15.6. The van der Waals surface area contributed by atoms with E-state index in [-0.39, 0.29) is 4.90 Å². The summed E-state index contributed by atoms with van der Waals surface area (Å²) in [6.07, 6.45) is 3.10. The van der Waals surface area contributed by atoms with Gasteiger partial charge in [-0.2, -0.15) is 0 Å². The molecule has 7 nitrogen and oxygen atoms in total. The maximum Gasteiger partial charge on any atom is 0.265 e. The average molecular weight is 371 g/mol.